The predicted molar refractivity (Wildman–Crippen MR) is 7.13 cm³/mol. The third-order valence-corrected chi connectivity index (χ3v) is 0. The summed E-state index contributed by atoms with van der Waals surface area (Å²) in [5.41, 5.74) is 0. The maximum absolute atomic E-state index is 0. The predicted octanol–water partition coefficient (Wildman–Crippen LogP) is -0.618. The van der Waals surface area contributed by atoms with E-state index in [9.17, 15) is 0 Å². The molecule has 0 aromatic heterocycles. The molecule has 0 atom stereocenters. The second-order valence-corrected chi connectivity index (χ2v) is 0. The molecule has 0 saturated heterocycles. The molecule has 0 aromatic carbocycles. The Balaban J connectivity index is 0. The fourth-order valence-electron chi connectivity index (χ4n) is 0. The second kappa shape index (κ2) is 24.4. The van der Waals surface area contributed by atoms with Gasteiger partial charge < -0.3 is 11.0 Å². The normalized spacial score (nSPS) is 0. The van der Waals surface area contributed by atoms with Crippen molar-refractivity contribution in [1.82, 2.24) is 0 Å². The molecule has 0 saturated carbocycles. The van der Waals surface area contributed by atoms with Gasteiger partial charge in [-0.05, 0) is 0 Å². The van der Waals surface area contributed by atoms with Crippen LogP contribution in [0.15, 0.2) is 0 Å². The summed E-state index contributed by atoms with van der Waals surface area (Å²) >= 11 is 0. The summed E-state index contributed by atoms with van der Waals surface area (Å²) < 4.78 is 0. The number of hydrogen-bond donors (Lipinski definition) is 0. The Morgan fingerprint density at radius 3 is 0.750 bits per heavy atom. The Morgan fingerprint density at radius 2 is 0.750 bits per heavy atom. The molecule has 0 bridgehead atoms. The van der Waals surface area contributed by atoms with Gasteiger partial charge >= 0.3 is 17.4 Å². The van der Waals surface area contributed by atoms with Crippen LogP contribution in [-0.4, -0.2) is 17.4 Å². The molecule has 0 aliphatic rings. The van der Waals surface area contributed by atoms with E-state index in [0.717, 1.165) is 0 Å². The van der Waals surface area contributed by atoms with Crippen LogP contribution in [0.3, 0.4) is 0 Å². The molecule has 0 radical (unpaired) electrons. The minimum atomic E-state index is 0. The summed E-state index contributed by atoms with van der Waals surface area (Å²) in [6.45, 7) is 0. The van der Waals surface area contributed by atoms with Crippen LogP contribution in [0.5, 0.6) is 0 Å². The number of rotatable bonds is 0. The van der Waals surface area contributed by atoms with Gasteiger partial charge in [-0.1, -0.05) is 0 Å². The largest absolute Gasteiger partial charge is 3.00 e. The average Bonchev–Trinajstić information content (AvgIpc) is 0. The van der Waals surface area contributed by atoms with E-state index in [-0.39, 0.29) is 59.4 Å². The van der Waals surface area contributed by atoms with E-state index in [1.807, 2.05) is 0 Å². The van der Waals surface area contributed by atoms with Crippen LogP contribution >= 0.6 is 0 Å². The third-order valence-electron chi connectivity index (χ3n) is 0. The van der Waals surface area contributed by atoms with Crippen molar-refractivity contribution < 1.29 is 42.1 Å². The molecule has 2 nitrogen and oxygen atoms in total. The Hall–Kier alpha value is 1.50. The maximum atomic E-state index is 0. The van der Waals surface area contributed by atoms with Crippen LogP contribution in [0.2, 0.25) is 0 Å². The molecule has 0 unspecified atom stereocenters. The van der Waals surface area contributed by atoms with Gasteiger partial charge in [0.15, 0.2) is 0 Å². The van der Waals surface area contributed by atoms with E-state index in [4.69, 9.17) is 0 Å². The van der Waals surface area contributed by atoms with Gasteiger partial charge in [-0.15, -0.1) is 0 Å². The molecule has 0 rings (SSSR count). The fraction of sp³-hybridized carbons (Fsp3) is 0. The first-order chi connectivity index (χ1) is 0. The van der Waals surface area contributed by atoms with Gasteiger partial charge in [0.05, 0.1) is 0 Å². The maximum Gasteiger partial charge on any atom is 3.00 e. The van der Waals surface area contributed by atoms with E-state index in [1.54, 1.807) is 0 Å². The first-order valence-electron chi connectivity index (χ1n) is 0. The van der Waals surface area contributed by atoms with Crippen LogP contribution in [-0.2, 0) is 11.0 Å². The summed E-state index contributed by atoms with van der Waals surface area (Å²) in [4.78, 5) is 0. The summed E-state index contributed by atoms with van der Waals surface area (Å²) in [5, 5.41) is 0. The van der Waals surface area contributed by atoms with Gasteiger partial charge in [0.1, 0.15) is 0 Å². The van der Waals surface area contributed by atoms with Gasteiger partial charge in [0, 0.05) is 31.1 Å². The van der Waals surface area contributed by atoms with Crippen LogP contribution in [0.4, 0.5) is 0 Å². The molecular formula is AlO2U-. The zero-order chi connectivity index (χ0) is 0. The van der Waals surface area contributed by atoms with Gasteiger partial charge in [-0.3, -0.25) is 0 Å². The van der Waals surface area contributed by atoms with Crippen molar-refractivity contribution >= 4 is 17.4 Å². The molecule has 0 heterocycles. The molecule has 20 valence electrons. The zero-order valence-electron chi connectivity index (χ0n) is 1.89. The average molecular weight is 297 g/mol. The van der Waals surface area contributed by atoms with Crippen molar-refractivity contribution in [3.63, 3.8) is 0 Å². The van der Waals surface area contributed by atoms with Crippen molar-refractivity contribution in [3.8, 4) is 0 Å². The van der Waals surface area contributed by atoms with Gasteiger partial charge in [-0.2, -0.15) is 0 Å². The van der Waals surface area contributed by atoms with Crippen LogP contribution in [0.25, 0.3) is 0 Å². The first-order valence-corrected chi connectivity index (χ1v) is 0. The molecule has 0 aliphatic carbocycles. The van der Waals surface area contributed by atoms with E-state index in [1.165, 1.54) is 0 Å². The molecule has 0 spiro atoms. The Morgan fingerprint density at radius 1 is 0.750 bits per heavy atom. The molecular weight excluding hydrogens is 297 g/mol. The molecule has 0 amide bonds. The smallest absolute Gasteiger partial charge is 2.00 e. The van der Waals surface area contributed by atoms with Crippen molar-refractivity contribution in [3.05, 3.63) is 0 Å². The van der Waals surface area contributed by atoms with E-state index in [0.29, 0.717) is 0 Å². The summed E-state index contributed by atoms with van der Waals surface area (Å²) in [5.74, 6) is 0. The summed E-state index contributed by atoms with van der Waals surface area (Å²) in [6.07, 6.45) is 0. The molecule has 0 aromatic rings. The van der Waals surface area contributed by atoms with Crippen molar-refractivity contribution in [2.75, 3.05) is 0 Å². The van der Waals surface area contributed by atoms with Crippen LogP contribution in [0, 0.1) is 31.1 Å². The number of hydrogen-bond acceptors (Lipinski definition) is 0. The van der Waals surface area contributed by atoms with Gasteiger partial charge in [0.25, 0.3) is 0 Å². The van der Waals surface area contributed by atoms with E-state index < -0.39 is 0 Å². The molecule has 0 N–H and O–H groups in total. The van der Waals surface area contributed by atoms with Gasteiger partial charge in [0.2, 0.25) is 0 Å². The SMILES string of the molecule is [Al+3].[O-2].[O-2].[U]. The minimum absolute atomic E-state index is 0. The molecule has 0 fully saturated rings. The Labute approximate surface area is 59.1 Å². The monoisotopic (exact) mass is 297 g/mol. The standard InChI is InChI=1S/Al.2O.U/q+3;2*-2;. The van der Waals surface area contributed by atoms with Crippen molar-refractivity contribution in [2.45, 2.75) is 0 Å². The van der Waals surface area contributed by atoms with E-state index in [2.05, 4.69) is 0 Å². The quantitative estimate of drug-likeness (QED) is 0.535. The fourth-order valence-corrected chi connectivity index (χ4v) is 0. The summed E-state index contributed by atoms with van der Waals surface area (Å²) in [7, 11) is 0. The molecule has 0 aliphatic heterocycles. The third kappa shape index (κ3) is 9.71. The topological polar surface area (TPSA) is 57.0 Å². The van der Waals surface area contributed by atoms with Crippen LogP contribution < -0.4 is 0 Å². The minimum Gasteiger partial charge on any atom is -2.00 e. The Kier molecular flexibility index (Phi) is 302. The Bertz CT molecular complexity index is 6.00. The zero-order valence-corrected chi connectivity index (χ0v) is 7.21. The first kappa shape index (κ1) is 49.3. The van der Waals surface area contributed by atoms with E-state index >= 15 is 0 Å². The van der Waals surface area contributed by atoms with Gasteiger partial charge in [-0.25, -0.2) is 0 Å². The van der Waals surface area contributed by atoms with Crippen molar-refractivity contribution in [1.29, 1.82) is 0 Å². The summed E-state index contributed by atoms with van der Waals surface area (Å²) in [6, 6.07) is 0. The second-order valence-electron chi connectivity index (χ2n) is 0. The molecule has 4 heavy (non-hydrogen) atoms. The van der Waals surface area contributed by atoms with Crippen molar-refractivity contribution in [2.24, 2.45) is 0 Å². The molecule has 4 heteroatoms. The van der Waals surface area contributed by atoms with Crippen LogP contribution in [0.1, 0.15) is 0 Å².